The van der Waals surface area contributed by atoms with Crippen molar-refractivity contribution in [3.8, 4) is 0 Å². The maximum atomic E-state index is 12.7. The third kappa shape index (κ3) is 14.0. The lowest BCUT2D eigenvalue weighted by molar-refractivity contribution is 0.160. The molecule has 0 aliphatic carbocycles. The molecule has 0 saturated heterocycles. The van der Waals surface area contributed by atoms with Gasteiger partial charge in [0.2, 0.25) is 23.8 Å². The molecule has 32 heteroatoms. The van der Waals surface area contributed by atoms with E-state index in [0.717, 1.165) is 61.2 Å². The van der Waals surface area contributed by atoms with Crippen molar-refractivity contribution in [2.24, 2.45) is 0 Å². The molecule has 0 amide bonds. The van der Waals surface area contributed by atoms with Crippen molar-refractivity contribution < 1.29 is 72.3 Å². The summed E-state index contributed by atoms with van der Waals surface area (Å²) < 4.78 is 137. The Morgan fingerprint density at radius 2 is 0.778 bits per heavy atom. The number of aromatic nitrogens is 6. The molecule has 0 radical (unpaired) electrons. The largest absolute Gasteiger partial charge is 0.395 e. The van der Waals surface area contributed by atoms with Crippen LogP contribution in [0.25, 0.3) is 12.2 Å². The molecule has 384 valence electrons. The van der Waals surface area contributed by atoms with Gasteiger partial charge in [0.25, 0.3) is 40.5 Å². The summed E-state index contributed by atoms with van der Waals surface area (Å²) in [4.78, 5) is 23.0. The average molecular weight is 1080 g/mol. The van der Waals surface area contributed by atoms with Crippen LogP contribution in [0.4, 0.5) is 46.5 Å². The molecule has 4 aromatic carbocycles. The van der Waals surface area contributed by atoms with E-state index in [1.165, 1.54) is 68.6 Å². The summed E-state index contributed by atoms with van der Waals surface area (Å²) in [6.07, 6.45) is 4.43. The number of hydrogen-bond donors (Lipinski definition) is 10. The molecule has 6 rings (SSSR count). The fourth-order valence-corrected chi connectivity index (χ4v) is 9.08. The first kappa shape index (κ1) is 54.6. The second-order valence-electron chi connectivity index (χ2n) is 14.6. The number of aliphatic hydroxyl groups excluding tert-OH is 4. The maximum absolute atomic E-state index is 12.7. The minimum absolute atomic E-state index is 0.00627. The van der Waals surface area contributed by atoms with Gasteiger partial charge in [-0.05, 0) is 83.9 Å². The highest BCUT2D eigenvalue weighted by atomic mass is 32.2. The lowest BCUT2D eigenvalue weighted by Gasteiger charge is -2.34. The van der Waals surface area contributed by atoms with Gasteiger partial charge < -0.3 is 31.1 Å². The number of rotatable bonds is 24. The zero-order valence-electron chi connectivity index (χ0n) is 37.0. The van der Waals surface area contributed by atoms with Crippen LogP contribution in [0.5, 0.6) is 0 Å². The zero-order valence-corrected chi connectivity index (χ0v) is 40.3. The molecule has 72 heavy (non-hydrogen) atoms. The molecule has 0 unspecified atom stereocenters. The van der Waals surface area contributed by atoms with Gasteiger partial charge >= 0.3 is 0 Å². The molecule has 0 bridgehead atoms. The van der Waals surface area contributed by atoms with E-state index < -0.39 is 86.5 Å². The quantitative estimate of drug-likeness (QED) is 0.0232. The number of hydrazine groups is 2. The Kier molecular flexibility index (Phi) is 17.6. The van der Waals surface area contributed by atoms with E-state index in [-0.39, 0.29) is 83.8 Å². The first-order chi connectivity index (χ1) is 34.0. The molecule has 6 aromatic rings. The Hall–Kier alpha value is -6.76. The van der Waals surface area contributed by atoms with Crippen molar-refractivity contribution in [2.75, 3.05) is 73.3 Å². The molecule has 0 atom stereocenters. The van der Waals surface area contributed by atoms with Gasteiger partial charge in [0.1, 0.15) is 22.4 Å². The van der Waals surface area contributed by atoms with Gasteiger partial charge in [-0.2, -0.15) is 53.6 Å². The van der Waals surface area contributed by atoms with Crippen molar-refractivity contribution in [1.82, 2.24) is 39.9 Å². The molecular weight excluding hydrogens is 1030 g/mol. The average Bonchev–Trinajstić information content (AvgIpc) is 3.31. The number of nitrogens with one attached hydrogen (secondary N) is 2. The number of hydrogen-bond acceptors (Lipinski definition) is 24. The van der Waals surface area contributed by atoms with Crippen molar-refractivity contribution in [1.29, 1.82) is 0 Å². The molecule has 28 nitrogen and oxygen atoms in total. The van der Waals surface area contributed by atoms with Crippen LogP contribution >= 0.6 is 0 Å². The highest BCUT2D eigenvalue weighted by Gasteiger charge is 2.25. The summed E-state index contributed by atoms with van der Waals surface area (Å²) in [7, 11) is -19.1. The standard InChI is InChI=1S/C40H44N12O16S4/c53-19-15-49(16-20-54)51(31-7-11-33(12-8-31)69(57,58)59)39-43-25-41-37(47-39)45-29-5-3-27(35(23-29)71(63,64)65)1-2-28-4-6-30(24-36(28)72(66,67)68)46-38-42-26-44-40(48-38)52(50(17-21-55)18-22-56)32-9-13-34(14-10-32)70(60,61)62/h1-14,23-26,53-56H,15-22H2,(H,57,58,59)(H,60,61,62)(H,63,64,65)(H,66,67,68)(H,41,43,45,47)(H,42,44,46,48). The molecule has 0 fully saturated rings. The first-order valence-corrected chi connectivity index (χ1v) is 26.3. The third-order valence-corrected chi connectivity index (χ3v) is 13.3. The van der Waals surface area contributed by atoms with E-state index in [4.69, 9.17) is 0 Å². The number of benzene rings is 4. The molecule has 10 N–H and O–H groups in total. The molecule has 2 aromatic heterocycles. The second kappa shape index (κ2) is 23.2. The first-order valence-electron chi connectivity index (χ1n) is 20.6. The molecule has 0 aliphatic rings. The van der Waals surface area contributed by atoms with E-state index in [2.05, 4.69) is 40.5 Å². The lowest BCUT2D eigenvalue weighted by Crippen LogP contribution is -2.44. The Bertz CT molecular complexity index is 3130. The molecular formula is C40H44N12O16S4. The summed E-state index contributed by atoms with van der Waals surface area (Å²) in [5.41, 5.74) is 0.154. The third-order valence-electron chi connectivity index (χ3n) is 9.79. The van der Waals surface area contributed by atoms with Crippen LogP contribution in [0.3, 0.4) is 0 Å². The van der Waals surface area contributed by atoms with Gasteiger partial charge in [-0.25, -0.2) is 30.0 Å². The summed E-state index contributed by atoms with van der Waals surface area (Å²) in [5, 5.41) is 50.1. The molecule has 0 aliphatic heterocycles. The Morgan fingerprint density at radius 3 is 1.07 bits per heavy atom. The smallest absolute Gasteiger partial charge is 0.295 e. The summed E-state index contributed by atoms with van der Waals surface area (Å²) >= 11 is 0. The van der Waals surface area contributed by atoms with Gasteiger partial charge in [-0.1, -0.05) is 24.3 Å². The van der Waals surface area contributed by atoms with Crippen LogP contribution in [0.15, 0.2) is 117 Å². The van der Waals surface area contributed by atoms with Gasteiger partial charge in [0.15, 0.2) is 0 Å². The van der Waals surface area contributed by atoms with Crippen LogP contribution in [0.1, 0.15) is 11.1 Å². The van der Waals surface area contributed by atoms with Crippen molar-refractivity contribution in [2.45, 2.75) is 19.6 Å². The van der Waals surface area contributed by atoms with Gasteiger partial charge in [0, 0.05) is 37.6 Å². The lowest BCUT2D eigenvalue weighted by atomic mass is 10.1. The number of aliphatic hydroxyl groups is 4. The van der Waals surface area contributed by atoms with Gasteiger partial charge in [0.05, 0.1) is 47.6 Å². The number of anilines is 8. The van der Waals surface area contributed by atoms with Crippen molar-refractivity contribution in [3.05, 3.63) is 109 Å². The molecule has 0 spiro atoms. The van der Waals surface area contributed by atoms with Crippen LogP contribution in [0, 0.1) is 0 Å². The second-order valence-corrected chi connectivity index (χ2v) is 20.2. The fraction of sp³-hybridized carbons (Fsp3) is 0.200. The monoisotopic (exact) mass is 1080 g/mol. The zero-order chi connectivity index (χ0) is 52.4. The van der Waals surface area contributed by atoms with E-state index in [1.807, 2.05) is 0 Å². The van der Waals surface area contributed by atoms with Gasteiger partial charge in [-0.15, -0.1) is 0 Å². The topological polar surface area (TPSA) is 413 Å². The van der Waals surface area contributed by atoms with Crippen LogP contribution in [0.2, 0.25) is 0 Å². The fourth-order valence-electron chi connectivity index (χ4n) is 6.70. The van der Waals surface area contributed by atoms with E-state index >= 15 is 0 Å². The summed E-state index contributed by atoms with van der Waals surface area (Å²) in [6, 6.07) is 16.8. The van der Waals surface area contributed by atoms with Gasteiger partial charge in [-0.3, -0.25) is 18.2 Å². The van der Waals surface area contributed by atoms with Crippen LogP contribution < -0.4 is 20.7 Å². The van der Waals surface area contributed by atoms with Crippen molar-refractivity contribution in [3.63, 3.8) is 0 Å². The van der Waals surface area contributed by atoms with E-state index in [9.17, 15) is 72.3 Å². The van der Waals surface area contributed by atoms with Crippen LogP contribution in [-0.2, 0) is 40.5 Å². The summed E-state index contributed by atoms with van der Waals surface area (Å²) in [5.74, 6) is -0.637. The predicted molar refractivity (Wildman–Crippen MR) is 256 cm³/mol. The van der Waals surface area contributed by atoms with Crippen molar-refractivity contribution >= 4 is 99.2 Å². The minimum Gasteiger partial charge on any atom is -0.395 e. The Morgan fingerprint density at radius 1 is 0.444 bits per heavy atom. The van der Waals surface area contributed by atoms with Crippen LogP contribution in [-0.4, -0.2) is 165 Å². The minimum atomic E-state index is -5.01. The Balaban J connectivity index is 1.29. The SMILES string of the molecule is O=S(=O)(O)c1ccc(N(c2ncnc(Nc3ccc(C=Cc4ccc(Nc5ncnc(N(c6ccc(S(=O)(=O)O)cc6)N(CCO)CCO)n5)cc4S(=O)(=O)O)c(S(=O)(=O)O)c3)n2)N(CCO)CCO)cc1. The highest BCUT2D eigenvalue weighted by molar-refractivity contribution is 7.86. The maximum Gasteiger partial charge on any atom is 0.295 e. The molecule has 0 saturated carbocycles. The predicted octanol–water partition coefficient (Wildman–Crippen LogP) is 1.38. The number of nitrogens with zero attached hydrogens (tertiary/aromatic N) is 10. The molecule has 2 heterocycles. The normalized spacial score (nSPS) is 12.4. The summed E-state index contributed by atoms with van der Waals surface area (Å²) in [6.45, 7) is -1.88. The Labute approximate surface area is 411 Å². The van der Waals surface area contributed by atoms with E-state index in [1.54, 1.807) is 0 Å². The highest BCUT2D eigenvalue weighted by Crippen LogP contribution is 2.31. The van der Waals surface area contributed by atoms with E-state index in [0.29, 0.717) is 0 Å².